The molecule has 1 aliphatic heterocycles. The summed E-state index contributed by atoms with van der Waals surface area (Å²) in [4.78, 5) is 14.2. The summed E-state index contributed by atoms with van der Waals surface area (Å²) in [5, 5.41) is 6.29. The molecule has 3 rings (SSSR count). The number of carbonyl (C=O) groups excluding carboxylic acids is 1. The summed E-state index contributed by atoms with van der Waals surface area (Å²) in [6.45, 7) is 4.12. The number of amides is 1. The van der Waals surface area contributed by atoms with Crippen LogP contribution in [0.1, 0.15) is 31.7 Å². The van der Waals surface area contributed by atoms with Gasteiger partial charge in [0.15, 0.2) is 18.1 Å². The lowest BCUT2D eigenvalue weighted by atomic mass is 10.1. The minimum Gasteiger partial charge on any atom is -0.490 e. The van der Waals surface area contributed by atoms with Gasteiger partial charge in [-0.3, -0.25) is 9.80 Å². The maximum Gasteiger partial charge on any atom is 0.260 e. The molecule has 2 aromatic rings. The van der Waals surface area contributed by atoms with Gasteiger partial charge in [0.25, 0.3) is 5.91 Å². The Kier molecular flexibility index (Phi) is 7.50. The topological polar surface area (TPSA) is 54.4 Å². The van der Waals surface area contributed by atoms with E-state index in [9.17, 15) is 4.79 Å². The zero-order valence-electron chi connectivity index (χ0n) is 17.2. The molecule has 0 N–H and O–H groups in total. The minimum absolute atomic E-state index is 0.0299. The maximum atomic E-state index is 12.4. The molecule has 1 saturated heterocycles. The zero-order chi connectivity index (χ0) is 20.5. The van der Waals surface area contributed by atoms with Gasteiger partial charge in [-0.2, -0.15) is 5.10 Å². The van der Waals surface area contributed by atoms with Gasteiger partial charge in [0.1, 0.15) is 0 Å². The third-order valence-electron chi connectivity index (χ3n) is 4.84. The van der Waals surface area contributed by atoms with Gasteiger partial charge in [-0.1, -0.05) is 18.2 Å². The fourth-order valence-electron chi connectivity index (χ4n) is 3.23. The fourth-order valence-corrected chi connectivity index (χ4v) is 3.23. The smallest absolute Gasteiger partial charge is 0.260 e. The first-order chi connectivity index (χ1) is 14.2. The van der Waals surface area contributed by atoms with Crippen molar-refractivity contribution in [1.29, 1.82) is 0 Å². The molecule has 0 saturated carbocycles. The lowest BCUT2D eigenvalue weighted by molar-refractivity contribution is -0.134. The van der Waals surface area contributed by atoms with Crippen LogP contribution < -0.4 is 14.5 Å². The van der Waals surface area contributed by atoms with Crippen LogP contribution >= 0.6 is 0 Å². The van der Waals surface area contributed by atoms with Gasteiger partial charge in [0, 0.05) is 20.1 Å². The van der Waals surface area contributed by atoms with Crippen LogP contribution in [0.2, 0.25) is 0 Å². The molecule has 2 aromatic carbocycles. The first-order valence-electron chi connectivity index (χ1n) is 10.2. The van der Waals surface area contributed by atoms with Crippen LogP contribution in [0.4, 0.5) is 5.69 Å². The van der Waals surface area contributed by atoms with E-state index in [1.165, 1.54) is 6.42 Å². The van der Waals surface area contributed by atoms with E-state index in [4.69, 9.17) is 9.47 Å². The van der Waals surface area contributed by atoms with E-state index in [-0.39, 0.29) is 12.5 Å². The number of anilines is 1. The number of piperidine rings is 1. The van der Waals surface area contributed by atoms with Crippen molar-refractivity contribution in [3.05, 3.63) is 54.1 Å². The molecule has 0 atom stereocenters. The summed E-state index contributed by atoms with van der Waals surface area (Å²) in [7, 11) is 1.90. The van der Waals surface area contributed by atoms with Crippen LogP contribution in [-0.2, 0) is 4.79 Å². The first kappa shape index (κ1) is 20.7. The van der Waals surface area contributed by atoms with Crippen molar-refractivity contribution in [2.45, 2.75) is 26.2 Å². The van der Waals surface area contributed by atoms with Crippen LogP contribution in [0, 0.1) is 0 Å². The maximum absolute atomic E-state index is 12.4. The summed E-state index contributed by atoms with van der Waals surface area (Å²) >= 11 is 0. The average Bonchev–Trinajstić information content (AvgIpc) is 2.78. The number of hydrogen-bond donors (Lipinski definition) is 0. The van der Waals surface area contributed by atoms with Crippen molar-refractivity contribution in [1.82, 2.24) is 4.90 Å². The van der Waals surface area contributed by atoms with Gasteiger partial charge in [0.2, 0.25) is 0 Å². The van der Waals surface area contributed by atoms with Crippen molar-refractivity contribution in [2.24, 2.45) is 5.10 Å². The molecule has 0 radical (unpaired) electrons. The predicted molar refractivity (Wildman–Crippen MR) is 116 cm³/mol. The van der Waals surface area contributed by atoms with Gasteiger partial charge in [0.05, 0.1) is 18.5 Å². The molecule has 1 aliphatic rings. The quantitative estimate of drug-likeness (QED) is 0.502. The molecule has 1 fully saturated rings. The summed E-state index contributed by atoms with van der Waals surface area (Å²) in [5.41, 5.74) is 1.90. The predicted octanol–water partition coefficient (Wildman–Crippen LogP) is 3.95. The summed E-state index contributed by atoms with van der Waals surface area (Å²) < 4.78 is 11.5. The number of benzene rings is 2. The Hall–Kier alpha value is -3.02. The van der Waals surface area contributed by atoms with E-state index < -0.39 is 0 Å². The van der Waals surface area contributed by atoms with E-state index in [1.54, 1.807) is 6.21 Å². The normalized spacial score (nSPS) is 14.1. The third-order valence-corrected chi connectivity index (χ3v) is 4.84. The lowest BCUT2D eigenvalue weighted by Gasteiger charge is -2.26. The number of nitrogens with zero attached hydrogens (tertiary/aromatic N) is 3. The summed E-state index contributed by atoms with van der Waals surface area (Å²) in [6, 6.07) is 15.6. The van der Waals surface area contributed by atoms with Crippen molar-refractivity contribution >= 4 is 17.8 Å². The lowest BCUT2D eigenvalue weighted by Crippen LogP contribution is -2.38. The zero-order valence-corrected chi connectivity index (χ0v) is 17.2. The summed E-state index contributed by atoms with van der Waals surface area (Å²) in [5.74, 6) is 1.22. The largest absolute Gasteiger partial charge is 0.490 e. The molecule has 6 heteroatoms. The third kappa shape index (κ3) is 5.98. The Morgan fingerprint density at radius 3 is 2.55 bits per heavy atom. The average molecular weight is 396 g/mol. The Labute approximate surface area is 172 Å². The second-order valence-electron chi connectivity index (χ2n) is 6.97. The van der Waals surface area contributed by atoms with E-state index in [2.05, 4.69) is 5.10 Å². The van der Waals surface area contributed by atoms with Gasteiger partial charge in [-0.15, -0.1) is 0 Å². The number of para-hydroxylation sites is 1. The molecule has 0 unspecified atom stereocenters. The molecule has 6 nitrogen and oxygen atoms in total. The van der Waals surface area contributed by atoms with E-state index in [0.29, 0.717) is 18.1 Å². The molecule has 0 aliphatic carbocycles. The van der Waals surface area contributed by atoms with E-state index >= 15 is 0 Å². The SMILES string of the molecule is CCOc1cc(/C=N/N(C)c2ccccc2)ccc1OCC(=O)N1CCCCC1. The van der Waals surface area contributed by atoms with Crippen LogP contribution in [0.25, 0.3) is 0 Å². The van der Waals surface area contributed by atoms with Gasteiger partial charge >= 0.3 is 0 Å². The van der Waals surface area contributed by atoms with Crippen molar-refractivity contribution < 1.29 is 14.3 Å². The van der Waals surface area contributed by atoms with Crippen molar-refractivity contribution in [3.63, 3.8) is 0 Å². The molecule has 154 valence electrons. The van der Waals surface area contributed by atoms with Gasteiger partial charge in [-0.05, 0) is 62.1 Å². The molecule has 0 bridgehead atoms. The monoisotopic (exact) mass is 395 g/mol. The van der Waals surface area contributed by atoms with Crippen LogP contribution in [-0.4, -0.2) is 50.4 Å². The molecule has 0 spiro atoms. The highest BCUT2D eigenvalue weighted by molar-refractivity contribution is 5.82. The van der Waals surface area contributed by atoms with E-state index in [1.807, 2.05) is 72.4 Å². The van der Waals surface area contributed by atoms with Crippen LogP contribution in [0.15, 0.2) is 53.6 Å². The Morgan fingerprint density at radius 1 is 1.07 bits per heavy atom. The van der Waals surface area contributed by atoms with Crippen molar-refractivity contribution in [3.8, 4) is 11.5 Å². The molecule has 1 amide bonds. The number of likely N-dealkylation sites (tertiary alicyclic amines) is 1. The molecular weight excluding hydrogens is 366 g/mol. The number of hydrogen-bond acceptors (Lipinski definition) is 5. The number of carbonyl (C=O) groups is 1. The number of rotatable bonds is 8. The Morgan fingerprint density at radius 2 is 1.83 bits per heavy atom. The molecule has 1 heterocycles. The highest BCUT2D eigenvalue weighted by atomic mass is 16.5. The number of hydrazone groups is 1. The Balaban J connectivity index is 1.64. The van der Waals surface area contributed by atoms with Gasteiger partial charge in [-0.25, -0.2) is 0 Å². The minimum atomic E-state index is 0.0299. The molecular formula is C23H29N3O3. The second kappa shape index (κ2) is 10.5. The second-order valence-corrected chi connectivity index (χ2v) is 6.97. The highest BCUT2D eigenvalue weighted by Crippen LogP contribution is 2.28. The van der Waals surface area contributed by atoms with Crippen LogP contribution in [0.5, 0.6) is 11.5 Å². The van der Waals surface area contributed by atoms with Crippen LogP contribution in [0.3, 0.4) is 0 Å². The van der Waals surface area contributed by atoms with Gasteiger partial charge < -0.3 is 14.4 Å². The van der Waals surface area contributed by atoms with E-state index in [0.717, 1.165) is 37.2 Å². The highest BCUT2D eigenvalue weighted by Gasteiger charge is 2.17. The first-order valence-corrected chi connectivity index (χ1v) is 10.2. The number of ether oxygens (including phenoxy) is 2. The standard InChI is InChI=1S/C23H29N3O3/c1-3-28-22-16-19(17-24-25(2)20-10-6-4-7-11-20)12-13-21(22)29-18-23(27)26-14-8-5-9-15-26/h4,6-7,10-13,16-17H,3,5,8-9,14-15,18H2,1-2H3/b24-17+. The molecule has 29 heavy (non-hydrogen) atoms. The summed E-state index contributed by atoms with van der Waals surface area (Å²) in [6.07, 6.45) is 5.11. The Bertz CT molecular complexity index is 817. The van der Waals surface area contributed by atoms with Crippen molar-refractivity contribution in [2.75, 3.05) is 38.4 Å². The fraction of sp³-hybridized carbons (Fsp3) is 0.391. The molecule has 0 aromatic heterocycles.